The standard InChI is InChI=1S/C13H23N3O2/c1-13(2,3)10(17-4)11-15-12(18-16-11)9-7-5-6-8-14-9/h9-10,14H,5-8H2,1-4H3/t9-,10?/m1/s1. The molecule has 1 N–H and O–H groups in total. The highest BCUT2D eigenvalue weighted by Crippen LogP contribution is 2.34. The SMILES string of the molecule is COC(c1noc([C@H]2CCCCN2)n1)C(C)(C)C. The summed E-state index contributed by atoms with van der Waals surface area (Å²) in [6.45, 7) is 7.34. The van der Waals surface area contributed by atoms with Crippen LogP contribution < -0.4 is 5.32 Å². The van der Waals surface area contributed by atoms with Crippen LogP contribution in [0.3, 0.4) is 0 Å². The maximum Gasteiger partial charge on any atom is 0.243 e. The number of nitrogens with zero attached hydrogens (tertiary/aromatic N) is 2. The van der Waals surface area contributed by atoms with Crippen molar-refractivity contribution in [3.8, 4) is 0 Å². The summed E-state index contributed by atoms with van der Waals surface area (Å²) in [5.74, 6) is 1.34. The minimum absolute atomic E-state index is 0.0457. The number of methoxy groups -OCH3 is 1. The highest BCUT2D eigenvalue weighted by molar-refractivity contribution is 4.99. The summed E-state index contributed by atoms with van der Waals surface area (Å²) in [6.07, 6.45) is 3.36. The van der Waals surface area contributed by atoms with Gasteiger partial charge in [-0.1, -0.05) is 32.3 Å². The molecule has 2 rings (SSSR count). The third kappa shape index (κ3) is 2.90. The zero-order valence-electron chi connectivity index (χ0n) is 11.7. The van der Waals surface area contributed by atoms with Crippen LogP contribution in [0.1, 0.15) is 63.9 Å². The maximum atomic E-state index is 5.50. The molecule has 0 radical (unpaired) electrons. The van der Waals surface area contributed by atoms with Crippen molar-refractivity contribution in [1.82, 2.24) is 15.5 Å². The molecule has 0 aliphatic carbocycles. The molecule has 0 aromatic carbocycles. The Morgan fingerprint density at radius 1 is 1.39 bits per heavy atom. The molecule has 1 aliphatic heterocycles. The van der Waals surface area contributed by atoms with Gasteiger partial charge in [0.25, 0.3) is 0 Å². The van der Waals surface area contributed by atoms with Crippen LogP contribution in [0.2, 0.25) is 0 Å². The minimum Gasteiger partial charge on any atom is -0.373 e. The van der Waals surface area contributed by atoms with Crippen molar-refractivity contribution in [1.29, 1.82) is 0 Å². The Bertz CT molecular complexity index is 378. The summed E-state index contributed by atoms with van der Waals surface area (Å²) < 4.78 is 10.9. The zero-order chi connectivity index (χ0) is 13.2. The Balaban J connectivity index is 2.13. The highest BCUT2D eigenvalue weighted by atomic mass is 16.5. The first-order valence-corrected chi connectivity index (χ1v) is 6.62. The van der Waals surface area contributed by atoms with E-state index in [1.807, 2.05) is 0 Å². The first-order chi connectivity index (χ1) is 8.52. The number of piperidine rings is 1. The van der Waals surface area contributed by atoms with Gasteiger partial charge >= 0.3 is 0 Å². The van der Waals surface area contributed by atoms with E-state index in [2.05, 4.69) is 36.2 Å². The van der Waals surface area contributed by atoms with E-state index < -0.39 is 0 Å². The Kier molecular flexibility index (Phi) is 4.02. The van der Waals surface area contributed by atoms with Gasteiger partial charge in [-0.25, -0.2) is 0 Å². The molecule has 1 aliphatic rings. The molecule has 0 bridgehead atoms. The number of rotatable bonds is 3. The molecule has 0 amide bonds. The first kappa shape index (κ1) is 13.5. The summed E-state index contributed by atoms with van der Waals surface area (Å²) >= 11 is 0. The quantitative estimate of drug-likeness (QED) is 0.897. The largest absolute Gasteiger partial charge is 0.373 e. The minimum atomic E-state index is -0.140. The van der Waals surface area contributed by atoms with E-state index in [9.17, 15) is 0 Å². The monoisotopic (exact) mass is 253 g/mol. The molecule has 1 saturated heterocycles. The molecule has 1 aromatic heterocycles. The fourth-order valence-electron chi connectivity index (χ4n) is 2.40. The number of hydrogen-bond donors (Lipinski definition) is 1. The van der Waals surface area contributed by atoms with Gasteiger partial charge in [0.05, 0.1) is 6.04 Å². The van der Waals surface area contributed by atoms with Gasteiger partial charge in [-0.05, 0) is 24.8 Å². The Labute approximate surface area is 108 Å². The maximum absolute atomic E-state index is 5.50. The molecule has 0 saturated carbocycles. The molecule has 5 nitrogen and oxygen atoms in total. The van der Waals surface area contributed by atoms with Crippen molar-refractivity contribution >= 4 is 0 Å². The second-order valence-electron chi connectivity index (χ2n) is 5.98. The van der Waals surface area contributed by atoms with E-state index in [-0.39, 0.29) is 17.6 Å². The van der Waals surface area contributed by atoms with Crippen LogP contribution in [0.5, 0.6) is 0 Å². The molecular formula is C13H23N3O2. The highest BCUT2D eigenvalue weighted by Gasteiger charge is 2.31. The molecular weight excluding hydrogens is 230 g/mol. The first-order valence-electron chi connectivity index (χ1n) is 6.62. The summed E-state index contributed by atoms with van der Waals surface area (Å²) in [5.41, 5.74) is -0.0457. The predicted molar refractivity (Wildman–Crippen MR) is 68.1 cm³/mol. The summed E-state index contributed by atoms with van der Waals surface area (Å²) in [6, 6.07) is 0.206. The van der Waals surface area contributed by atoms with Crippen LogP contribution in [-0.4, -0.2) is 23.8 Å². The molecule has 2 atom stereocenters. The van der Waals surface area contributed by atoms with Crippen LogP contribution in [0.25, 0.3) is 0 Å². The number of ether oxygens (including phenoxy) is 1. The lowest BCUT2D eigenvalue weighted by Crippen LogP contribution is -2.27. The van der Waals surface area contributed by atoms with Gasteiger partial charge in [-0.3, -0.25) is 0 Å². The topological polar surface area (TPSA) is 60.2 Å². The molecule has 0 spiro atoms. The molecule has 102 valence electrons. The van der Waals surface area contributed by atoms with Gasteiger partial charge in [-0.2, -0.15) is 4.98 Å². The summed E-state index contributed by atoms with van der Waals surface area (Å²) in [4.78, 5) is 4.51. The zero-order valence-corrected chi connectivity index (χ0v) is 11.7. The van der Waals surface area contributed by atoms with Crippen molar-refractivity contribution in [2.75, 3.05) is 13.7 Å². The van der Waals surface area contributed by atoms with Gasteiger partial charge in [0.2, 0.25) is 11.7 Å². The lowest BCUT2D eigenvalue weighted by molar-refractivity contribution is 0.00718. The van der Waals surface area contributed by atoms with E-state index in [0.29, 0.717) is 11.7 Å². The van der Waals surface area contributed by atoms with E-state index >= 15 is 0 Å². The van der Waals surface area contributed by atoms with Crippen molar-refractivity contribution < 1.29 is 9.26 Å². The molecule has 1 unspecified atom stereocenters. The predicted octanol–water partition coefficient (Wildman–Crippen LogP) is 2.62. The van der Waals surface area contributed by atoms with Crippen LogP contribution in [0.4, 0.5) is 0 Å². The molecule has 18 heavy (non-hydrogen) atoms. The van der Waals surface area contributed by atoms with Gasteiger partial charge in [0, 0.05) is 7.11 Å². The van der Waals surface area contributed by atoms with Crippen molar-refractivity contribution in [3.05, 3.63) is 11.7 Å². The van der Waals surface area contributed by atoms with Crippen LogP contribution in [0, 0.1) is 5.41 Å². The van der Waals surface area contributed by atoms with Crippen LogP contribution in [0.15, 0.2) is 4.52 Å². The number of aromatic nitrogens is 2. The van der Waals surface area contributed by atoms with Crippen molar-refractivity contribution in [2.45, 2.75) is 52.2 Å². The fraction of sp³-hybridized carbons (Fsp3) is 0.846. The lowest BCUT2D eigenvalue weighted by Gasteiger charge is -2.26. The summed E-state index contributed by atoms with van der Waals surface area (Å²) in [7, 11) is 1.69. The van der Waals surface area contributed by atoms with E-state index in [0.717, 1.165) is 13.0 Å². The van der Waals surface area contributed by atoms with Gasteiger partial charge < -0.3 is 14.6 Å². The van der Waals surface area contributed by atoms with Gasteiger partial charge in [-0.15, -0.1) is 0 Å². The average Bonchev–Trinajstić information content (AvgIpc) is 2.78. The Morgan fingerprint density at radius 3 is 2.72 bits per heavy atom. The molecule has 5 heteroatoms. The lowest BCUT2D eigenvalue weighted by atomic mass is 9.88. The second kappa shape index (κ2) is 5.36. The second-order valence-corrected chi connectivity index (χ2v) is 5.98. The van der Waals surface area contributed by atoms with Crippen molar-refractivity contribution in [3.63, 3.8) is 0 Å². The van der Waals surface area contributed by atoms with Gasteiger partial charge in [0.1, 0.15) is 6.10 Å². The van der Waals surface area contributed by atoms with Gasteiger partial charge in [0.15, 0.2) is 0 Å². The number of nitrogens with one attached hydrogen (secondary N) is 1. The molecule has 2 heterocycles. The number of hydrogen-bond acceptors (Lipinski definition) is 5. The fourth-order valence-corrected chi connectivity index (χ4v) is 2.40. The average molecular weight is 253 g/mol. The Hall–Kier alpha value is -0.940. The smallest absolute Gasteiger partial charge is 0.243 e. The third-order valence-corrected chi connectivity index (χ3v) is 3.32. The Morgan fingerprint density at radius 2 is 2.17 bits per heavy atom. The van der Waals surface area contributed by atoms with E-state index in [1.165, 1.54) is 12.8 Å². The van der Waals surface area contributed by atoms with E-state index in [1.54, 1.807) is 7.11 Å². The van der Waals surface area contributed by atoms with E-state index in [4.69, 9.17) is 9.26 Å². The molecule has 1 fully saturated rings. The van der Waals surface area contributed by atoms with Crippen LogP contribution >= 0.6 is 0 Å². The molecule has 1 aromatic rings. The van der Waals surface area contributed by atoms with Crippen LogP contribution in [-0.2, 0) is 4.74 Å². The van der Waals surface area contributed by atoms with Crippen molar-refractivity contribution in [2.24, 2.45) is 5.41 Å². The summed E-state index contributed by atoms with van der Waals surface area (Å²) in [5, 5.41) is 7.49. The third-order valence-electron chi connectivity index (χ3n) is 3.32. The normalized spacial score (nSPS) is 23.0.